The highest BCUT2D eigenvalue weighted by Crippen LogP contribution is 2.23. The van der Waals surface area contributed by atoms with E-state index in [-0.39, 0.29) is 11.9 Å². The summed E-state index contributed by atoms with van der Waals surface area (Å²) >= 11 is 8.04. The standard InChI is InChI=1S/C18H18ClN3OS/c1-12(15-9-6-10-24-15)20-18(23)16-13(2)21-22(17(16)19)11-14-7-4-3-5-8-14/h3-10,12H,11H2,1-2H3,(H,20,23)/t12-/m1/s1. The number of thiophene rings is 1. The number of rotatable bonds is 5. The van der Waals surface area contributed by atoms with E-state index in [1.807, 2.05) is 54.8 Å². The number of carbonyl (C=O) groups is 1. The van der Waals surface area contributed by atoms with Crippen LogP contribution in [-0.2, 0) is 6.54 Å². The summed E-state index contributed by atoms with van der Waals surface area (Å²) in [6.07, 6.45) is 0. The molecule has 1 amide bonds. The number of benzene rings is 1. The van der Waals surface area contributed by atoms with Crippen molar-refractivity contribution in [2.75, 3.05) is 0 Å². The van der Waals surface area contributed by atoms with Crippen LogP contribution in [-0.4, -0.2) is 15.7 Å². The lowest BCUT2D eigenvalue weighted by Crippen LogP contribution is -2.26. The maximum atomic E-state index is 12.6. The van der Waals surface area contributed by atoms with Crippen LogP contribution >= 0.6 is 22.9 Å². The molecule has 0 aliphatic rings. The molecule has 0 spiro atoms. The van der Waals surface area contributed by atoms with Gasteiger partial charge >= 0.3 is 0 Å². The fourth-order valence-corrected chi connectivity index (χ4v) is 3.60. The zero-order valence-electron chi connectivity index (χ0n) is 13.5. The Hall–Kier alpha value is -2.11. The molecule has 3 aromatic rings. The van der Waals surface area contributed by atoms with Gasteiger partial charge in [0, 0.05) is 4.88 Å². The van der Waals surface area contributed by atoms with Gasteiger partial charge in [-0.2, -0.15) is 5.10 Å². The zero-order valence-corrected chi connectivity index (χ0v) is 15.1. The van der Waals surface area contributed by atoms with Gasteiger partial charge in [-0.15, -0.1) is 11.3 Å². The number of aromatic nitrogens is 2. The summed E-state index contributed by atoms with van der Waals surface area (Å²) in [5.41, 5.74) is 2.16. The van der Waals surface area contributed by atoms with Crippen LogP contribution in [0.15, 0.2) is 47.8 Å². The smallest absolute Gasteiger partial charge is 0.256 e. The molecule has 1 aromatic carbocycles. The quantitative estimate of drug-likeness (QED) is 0.731. The zero-order chi connectivity index (χ0) is 17.1. The first-order valence-corrected chi connectivity index (χ1v) is 8.93. The van der Waals surface area contributed by atoms with E-state index in [2.05, 4.69) is 10.4 Å². The van der Waals surface area contributed by atoms with E-state index in [1.54, 1.807) is 22.9 Å². The summed E-state index contributed by atoms with van der Waals surface area (Å²) in [6.45, 7) is 4.30. The van der Waals surface area contributed by atoms with E-state index in [0.717, 1.165) is 10.4 Å². The third-order valence-corrected chi connectivity index (χ3v) is 5.22. The van der Waals surface area contributed by atoms with Crippen molar-refractivity contribution in [2.24, 2.45) is 0 Å². The maximum absolute atomic E-state index is 12.6. The van der Waals surface area contributed by atoms with Crippen molar-refractivity contribution >= 4 is 28.8 Å². The van der Waals surface area contributed by atoms with Crippen LogP contribution in [0.4, 0.5) is 0 Å². The van der Waals surface area contributed by atoms with Gasteiger partial charge < -0.3 is 5.32 Å². The van der Waals surface area contributed by atoms with Crippen molar-refractivity contribution in [3.8, 4) is 0 Å². The van der Waals surface area contributed by atoms with E-state index < -0.39 is 0 Å². The van der Waals surface area contributed by atoms with Crippen LogP contribution in [0.1, 0.15) is 39.5 Å². The van der Waals surface area contributed by atoms with Crippen molar-refractivity contribution in [1.82, 2.24) is 15.1 Å². The van der Waals surface area contributed by atoms with Crippen molar-refractivity contribution < 1.29 is 4.79 Å². The van der Waals surface area contributed by atoms with Crippen LogP contribution in [0, 0.1) is 6.92 Å². The fourth-order valence-electron chi connectivity index (χ4n) is 2.55. The summed E-state index contributed by atoms with van der Waals surface area (Å²) in [6, 6.07) is 13.8. The van der Waals surface area contributed by atoms with E-state index in [9.17, 15) is 4.79 Å². The number of amides is 1. The van der Waals surface area contributed by atoms with Gasteiger partial charge in [0.05, 0.1) is 23.8 Å². The average Bonchev–Trinajstić information content (AvgIpc) is 3.17. The molecule has 0 aliphatic heterocycles. The first kappa shape index (κ1) is 16.7. The second-order valence-electron chi connectivity index (χ2n) is 5.61. The molecule has 0 unspecified atom stereocenters. The SMILES string of the molecule is Cc1nn(Cc2ccccc2)c(Cl)c1C(=O)N[C@H](C)c1cccs1. The van der Waals surface area contributed by atoms with Gasteiger partial charge in [-0.25, -0.2) is 4.68 Å². The molecule has 0 fully saturated rings. The van der Waals surface area contributed by atoms with Crippen LogP contribution in [0.25, 0.3) is 0 Å². The number of halogens is 1. The maximum Gasteiger partial charge on any atom is 0.256 e. The van der Waals surface area contributed by atoms with Gasteiger partial charge in [0.1, 0.15) is 5.15 Å². The number of hydrogen-bond acceptors (Lipinski definition) is 3. The lowest BCUT2D eigenvalue weighted by atomic mass is 10.2. The first-order valence-electron chi connectivity index (χ1n) is 7.67. The van der Waals surface area contributed by atoms with Crippen molar-refractivity contribution in [2.45, 2.75) is 26.4 Å². The molecule has 0 saturated carbocycles. The predicted molar refractivity (Wildman–Crippen MR) is 97.7 cm³/mol. The Morgan fingerprint density at radius 2 is 2.04 bits per heavy atom. The van der Waals surface area contributed by atoms with E-state index in [4.69, 9.17) is 11.6 Å². The number of hydrogen-bond donors (Lipinski definition) is 1. The molecular formula is C18H18ClN3OS. The molecule has 24 heavy (non-hydrogen) atoms. The topological polar surface area (TPSA) is 46.9 Å². The normalized spacial score (nSPS) is 12.1. The third-order valence-electron chi connectivity index (χ3n) is 3.79. The van der Waals surface area contributed by atoms with Crippen LogP contribution < -0.4 is 5.32 Å². The van der Waals surface area contributed by atoms with Crippen molar-refractivity contribution in [3.05, 3.63) is 74.7 Å². The summed E-state index contributed by atoms with van der Waals surface area (Å²) in [5, 5.41) is 9.78. The van der Waals surface area contributed by atoms with Gasteiger partial charge in [-0.3, -0.25) is 4.79 Å². The molecule has 2 heterocycles. The fraction of sp³-hybridized carbons (Fsp3) is 0.222. The van der Waals surface area contributed by atoms with Crippen LogP contribution in [0.5, 0.6) is 0 Å². The Balaban J connectivity index is 1.79. The minimum Gasteiger partial charge on any atom is -0.345 e. The summed E-state index contributed by atoms with van der Waals surface area (Å²) in [7, 11) is 0. The van der Waals surface area contributed by atoms with Crippen LogP contribution in [0.3, 0.4) is 0 Å². The van der Waals surface area contributed by atoms with E-state index >= 15 is 0 Å². The minimum absolute atomic E-state index is 0.0644. The van der Waals surface area contributed by atoms with Gasteiger partial charge in [0.15, 0.2) is 0 Å². The molecule has 1 N–H and O–H groups in total. The molecule has 6 heteroatoms. The molecule has 0 radical (unpaired) electrons. The summed E-state index contributed by atoms with van der Waals surface area (Å²) in [5.74, 6) is -0.197. The number of aryl methyl sites for hydroxylation is 1. The summed E-state index contributed by atoms with van der Waals surface area (Å²) < 4.78 is 1.66. The number of carbonyl (C=O) groups excluding carboxylic acids is 1. The highest BCUT2D eigenvalue weighted by atomic mass is 35.5. The van der Waals surface area contributed by atoms with Gasteiger partial charge in [0.2, 0.25) is 0 Å². The predicted octanol–water partition coefficient (Wildman–Crippen LogP) is 4.45. The number of nitrogens with zero attached hydrogens (tertiary/aromatic N) is 2. The van der Waals surface area contributed by atoms with Crippen molar-refractivity contribution in [1.29, 1.82) is 0 Å². The summed E-state index contributed by atoms with van der Waals surface area (Å²) in [4.78, 5) is 13.7. The van der Waals surface area contributed by atoms with Gasteiger partial charge in [-0.05, 0) is 30.9 Å². The Morgan fingerprint density at radius 1 is 1.29 bits per heavy atom. The Morgan fingerprint density at radius 3 is 2.71 bits per heavy atom. The Bertz CT molecular complexity index is 828. The molecule has 1 atom stereocenters. The van der Waals surface area contributed by atoms with Gasteiger partial charge in [-0.1, -0.05) is 48.0 Å². The van der Waals surface area contributed by atoms with Crippen molar-refractivity contribution in [3.63, 3.8) is 0 Å². The minimum atomic E-state index is -0.197. The highest BCUT2D eigenvalue weighted by molar-refractivity contribution is 7.10. The molecule has 3 rings (SSSR count). The number of nitrogens with one attached hydrogen (secondary N) is 1. The van der Waals surface area contributed by atoms with Crippen LogP contribution in [0.2, 0.25) is 5.15 Å². The second-order valence-corrected chi connectivity index (χ2v) is 6.94. The molecule has 0 aliphatic carbocycles. The Labute approximate surface area is 150 Å². The highest BCUT2D eigenvalue weighted by Gasteiger charge is 2.22. The molecule has 0 bridgehead atoms. The van der Waals surface area contributed by atoms with Gasteiger partial charge in [0.25, 0.3) is 5.91 Å². The molecule has 4 nitrogen and oxygen atoms in total. The molecule has 124 valence electrons. The molecule has 2 aromatic heterocycles. The second kappa shape index (κ2) is 7.20. The monoisotopic (exact) mass is 359 g/mol. The molecule has 0 saturated heterocycles. The average molecular weight is 360 g/mol. The lowest BCUT2D eigenvalue weighted by Gasteiger charge is -2.12. The van der Waals surface area contributed by atoms with E-state index in [1.165, 1.54) is 0 Å². The Kier molecular flexibility index (Phi) is 5.02. The largest absolute Gasteiger partial charge is 0.345 e. The third kappa shape index (κ3) is 3.52. The van der Waals surface area contributed by atoms with E-state index in [0.29, 0.717) is 23.0 Å². The molecular weight excluding hydrogens is 342 g/mol. The first-order chi connectivity index (χ1) is 11.6. The lowest BCUT2D eigenvalue weighted by molar-refractivity contribution is 0.0940.